The van der Waals surface area contributed by atoms with Crippen molar-refractivity contribution >= 4 is 11.8 Å². The highest BCUT2D eigenvalue weighted by Gasteiger charge is 2.36. The van der Waals surface area contributed by atoms with E-state index in [1.165, 1.54) is 0 Å². The van der Waals surface area contributed by atoms with Gasteiger partial charge < -0.3 is 14.4 Å². The van der Waals surface area contributed by atoms with E-state index in [1.807, 2.05) is 18.2 Å². The number of nitrogens with zero attached hydrogens (tertiary/aromatic N) is 2. The molecule has 2 aliphatic rings. The van der Waals surface area contributed by atoms with Gasteiger partial charge >= 0.3 is 6.09 Å². The largest absolute Gasteiger partial charge is 0.497 e. The van der Waals surface area contributed by atoms with Crippen LogP contribution in [0.3, 0.4) is 0 Å². The summed E-state index contributed by atoms with van der Waals surface area (Å²) in [4.78, 5) is 16.0. The number of rotatable bonds is 1. The average Bonchev–Trinajstić information content (AvgIpc) is 2.75. The first-order chi connectivity index (χ1) is 9.19. The van der Waals surface area contributed by atoms with Crippen LogP contribution in [0.2, 0.25) is 0 Å². The predicted octanol–water partition coefficient (Wildman–Crippen LogP) is 1.86. The van der Waals surface area contributed by atoms with Crippen molar-refractivity contribution < 1.29 is 14.3 Å². The molecule has 1 aromatic rings. The third kappa shape index (κ3) is 2.14. The highest BCUT2D eigenvalue weighted by atomic mass is 16.6. The third-order valence-corrected chi connectivity index (χ3v) is 3.79. The Morgan fingerprint density at radius 2 is 2.26 bits per heavy atom. The maximum Gasteiger partial charge on any atom is 0.414 e. The Balaban J connectivity index is 2.06. The van der Waals surface area contributed by atoms with Gasteiger partial charge in [-0.1, -0.05) is 0 Å². The number of hydrogen-bond donors (Lipinski definition) is 0. The quantitative estimate of drug-likeness (QED) is 0.774. The summed E-state index contributed by atoms with van der Waals surface area (Å²) in [6, 6.07) is 5.98. The van der Waals surface area contributed by atoms with Crippen molar-refractivity contribution in [2.24, 2.45) is 0 Å². The van der Waals surface area contributed by atoms with Crippen molar-refractivity contribution in [1.82, 2.24) is 4.90 Å². The molecule has 0 radical (unpaired) electrons. The van der Waals surface area contributed by atoms with Crippen LogP contribution in [-0.2, 0) is 11.3 Å². The maximum atomic E-state index is 11.9. The Morgan fingerprint density at radius 3 is 3.05 bits per heavy atom. The van der Waals surface area contributed by atoms with Crippen molar-refractivity contribution in [3.8, 4) is 5.75 Å². The number of carbonyl (C=O) groups is 1. The lowest BCUT2D eigenvalue weighted by Crippen LogP contribution is -2.39. The minimum absolute atomic E-state index is 0.141. The van der Waals surface area contributed by atoms with Crippen LogP contribution in [0.4, 0.5) is 10.5 Å². The third-order valence-electron chi connectivity index (χ3n) is 3.79. The fourth-order valence-electron chi connectivity index (χ4n) is 2.76. The Labute approximate surface area is 112 Å². The molecule has 0 aliphatic carbocycles. The number of hydrogen-bond acceptors (Lipinski definition) is 4. The minimum Gasteiger partial charge on any atom is -0.497 e. The Bertz CT molecular complexity index is 503. The van der Waals surface area contributed by atoms with Crippen molar-refractivity contribution in [2.45, 2.75) is 19.0 Å². The summed E-state index contributed by atoms with van der Waals surface area (Å²) in [6.45, 7) is 2.25. The molecule has 2 heterocycles. The molecule has 5 nitrogen and oxygen atoms in total. The molecular weight excluding hydrogens is 244 g/mol. The molecule has 1 saturated heterocycles. The summed E-state index contributed by atoms with van der Waals surface area (Å²) in [6.07, 6.45) is 0.703. The van der Waals surface area contributed by atoms with E-state index in [9.17, 15) is 4.79 Å². The van der Waals surface area contributed by atoms with E-state index in [0.29, 0.717) is 6.61 Å². The predicted molar refractivity (Wildman–Crippen MR) is 71.6 cm³/mol. The maximum absolute atomic E-state index is 11.9. The Kier molecular flexibility index (Phi) is 3.06. The Morgan fingerprint density at radius 1 is 1.42 bits per heavy atom. The van der Waals surface area contributed by atoms with E-state index < -0.39 is 0 Å². The summed E-state index contributed by atoms with van der Waals surface area (Å²) < 4.78 is 10.5. The van der Waals surface area contributed by atoms with Gasteiger partial charge in [-0.25, -0.2) is 4.79 Å². The molecule has 102 valence electrons. The first-order valence-corrected chi connectivity index (χ1v) is 6.50. The number of carbonyl (C=O) groups excluding carboxylic acids is 1. The minimum atomic E-state index is -0.235. The molecule has 0 bridgehead atoms. The summed E-state index contributed by atoms with van der Waals surface area (Å²) in [7, 11) is 3.75. The lowest BCUT2D eigenvalue weighted by molar-refractivity contribution is 0.178. The van der Waals surface area contributed by atoms with Gasteiger partial charge in [-0.3, -0.25) is 4.90 Å². The second kappa shape index (κ2) is 4.74. The van der Waals surface area contributed by atoms with Crippen LogP contribution in [0.1, 0.15) is 12.0 Å². The van der Waals surface area contributed by atoms with Crippen LogP contribution in [0.25, 0.3) is 0 Å². The van der Waals surface area contributed by atoms with E-state index in [0.717, 1.165) is 36.5 Å². The smallest absolute Gasteiger partial charge is 0.414 e. The summed E-state index contributed by atoms with van der Waals surface area (Å²) in [5, 5.41) is 0. The highest BCUT2D eigenvalue weighted by molar-refractivity contribution is 5.91. The molecule has 1 aromatic carbocycles. The average molecular weight is 262 g/mol. The lowest BCUT2D eigenvalue weighted by Gasteiger charge is -2.30. The number of amides is 1. The summed E-state index contributed by atoms with van der Waals surface area (Å²) in [5.41, 5.74) is 2.05. The first kappa shape index (κ1) is 12.3. The van der Waals surface area contributed by atoms with Crippen molar-refractivity contribution in [2.75, 3.05) is 32.2 Å². The SMILES string of the molecule is COc1ccc2c(c1)CN(C)CCC1COC(=O)N21. The van der Waals surface area contributed by atoms with E-state index in [-0.39, 0.29) is 12.1 Å². The zero-order valence-corrected chi connectivity index (χ0v) is 11.3. The number of ether oxygens (including phenoxy) is 2. The van der Waals surface area contributed by atoms with Crippen molar-refractivity contribution in [1.29, 1.82) is 0 Å². The van der Waals surface area contributed by atoms with Crippen LogP contribution in [0, 0.1) is 0 Å². The molecule has 1 atom stereocenters. The van der Waals surface area contributed by atoms with Gasteiger partial charge in [0.05, 0.1) is 18.8 Å². The van der Waals surface area contributed by atoms with Crippen LogP contribution >= 0.6 is 0 Å². The summed E-state index contributed by atoms with van der Waals surface area (Å²) in [5.74, 6) is 0.817. The molecule has 5 heteroatoms. The van der Waals surface area contributed by atoms with Crippen LogP contribution < -0.4 is 9.64 Å². The molecule has 2 aliphatic heterocycles. The van der Waals surface area contributed by atoms with Gasteiger partial charge in [-0.15, -0.1) is 0 Å². The Hall–Kier alpha value is -1.75. The zero-order valence-electron chi connectivity index (χ0n) is 11.3. The molecule has 0 aromatic heterocycles. The molecule has 1 unspecified atom stereocenters. The molecule has 19 heavy (non-hydrogen) atoms. The molecule has 1 amide bonds. The number of anilines is 1. The van der Waals surface area contributed by atoms with E-state index in [1.54, 1.807) is 12.0 Å². The molecule has 0 spiro atoms. The van der Waals surface area contributed by atoms with Crippen molar-refractivity contribution in [3.05, 3.63) is 23.8 Å². The van der Waals surface area contributed by atoms with Crippen LogP contribution in [0.15, 0.2) is 18.2 Å². The molecule has 0 saturated carbocycles. The van der Waals surface area contributed by atoms with Crippen molar-refractivity contribution in [3.63, 3.8) is 0 Å². The van der Waals surface area contributed by atoms with Gasteiger partial charge in [0.1, 0.15) is 12.4 Å². The highest BCUT2D eigenvalue weighted by Crippen LogP contribution is 2.33. The monoisotopic (exact) mass is 262 g/mol. The van der Waals surface area contributed by atoms with E-state index >= 15 is 0 Å². The second-order valence-electron chi connectivity index (χ2n) is 5.12. The van der Waals surface area contributed by atoms with Gasteiger partial charge in [0.25, 0.3) is 0 Å². The topological polar surface area (TPSA) is 42.0 Å². The van der Waals surface area contributed by atoms with Gasteiger partial charge in [0, 0.05) is 13.1 Å². The van der Waals surface area contributed by atoms with Gasteiger partial charge in [0.15, 0.2) is 0 Å². The standard InChI is InChI=1S/C14H18N2O3/c1-15-6-5-11-9-19-14(17)16(11)13-4-3-12(18-2)7-10(13)8-15/h3-4,7,11H,5-6,8-9H2,1-2H3. The molecule has 3 rings (SSSR count). The van der Waals surface area contributed by atoms with Crippen LogP contribution in [0.5, 0.6) is 5.75 Å². The van der Waals surface area contributed by atoms with Gasteiger partial charge in [-0.2, -0.15) is 0 Å². The van der Waals surface area contributed by atoms with E-state index in [4.69, 9.17) is 9.47 Å². The molecule has 1 fully saturated rings. The van der Waals surface area contributed by atoms with Gasteiger partial charge in [0.2, 0.25) is 0 Å². The normalized spacial score (nSPS) is 23.2. The molecular formula is C14H18N2O3. The number of benzene rings is 1. The van der Waals surface area contributed by atoms with Crippen LogP contribution in [-0.4, -0.2) is 44.3 Å². The fourth-order valence-corrected chi connectivity index (χ4v) is 2.76. The second-order valence-corrected chi connectivity index (χ2v) is 5.12. The first-order valence-electron chi connectivity index (χ1n) is 6.50. The zero-order chi connectivity index (χ0) is 13.4. The summed E-state index contributed by atoms with van der Waals surface area (Å²) >= 11 is 0. The lowest BCUT2D eigenvalue weighted by atomic mass is 10.1. The number of methoxy groups -OCH3 is 1. The number of cyclic esters (lactones) is 1. The van der Waals surface area contributed by atoms with E-state index in [2.05, 4.69) is 11.9 Å². The van der Waals surface area contributed by atoms with Gasteiger partial charge in [-0.05, 0) is 37.2 Å². The number of fused-ring (bicyclic) bond motifs is 3. The fraction of sp³-hybridized carbons (Fsp3) is 0.500. The molecule has 0 N–H and O–H groups in total.